The van der Waals surface area contributed by atoms with E-state index in [0.29, 0.717) is 0 Å². The third-order valence-corrected chi connectivity index (χ3v) is 2.60. The first kappa shape index (κ1) is 9.72. The van der Waals surface area contributed by atoms with Gasteiger partial charge in [0.1, 0.15) is 5.75 Å². The lowest BCUT2D eigenvalue weighted by Gasteiger charge is -2.01. The number of aliphatic imine (C=N–C) groups is 1. The summed E-state index contributed by atoms with van der Waals surface area (Å²) in [4.78, 5) is 4.25. The molecule has 1 aliphatic rings. The number of aromatic hydroxyl groups is 1. The molecule has 3 heteroatoms. The molecule has 1 aromatic carbocycles. The molecular formula is C12H12N2O. The summed E-state index contributed by atoms with van der Waals surface area (Å²) in [5.41, 5.74) is 1.56. The Morgan fingerprint density at radius 3 is 3.07 bits per heavy atom. The molecular weight excluding hydrogens is 188 g/mol. The maximum absolute atomic E-state index is 9.70. The van der Waals surface area contributed by atoms with E-state index < -0.39 is 0 Å². The number of para-hydroxylation sites is 1. The molecule has 0 aromatic heterocycles. The minimum Gasteiger partial charge on any atom is -0.507 e. The van der Waals surface area contributed by atoms with E-state index in [0.717, 1.165) is 17.5 Å². The van der Waals surface area contributed by atoms with Crippen molar-refractivity contribution in [3.05, 3.63) is 29.3 Å². The quantitative estimate of drug-likeness (QED) is 0.742. The summed E-state index contributed by atoms with van der Waals surface area (Å²) in [6.07, 6.45) is 2.50. The zero-order valence-electron chi connectivity index (χ0n) is 8.51. The molecule has 0 heterocycles. The standard InChI is InChI=1S/C12H12N2O/c1-8-3-2-4-9(12(8)15)7-14-11-5-10(11)6-13/h2-4,7,10-11,15H,5H2,1H3. The molecule has 3 nitrogen and oxygen atoms in total. The van der Waals surface area contributed by atoms with Crippen molar-refractivity contribution in [2.45, 2.75) is 19.4 Å². The second kappa shape index (κ2) is 3.74. The Morgan fingerprint density at radius 1 is 1.60 bits per heavy atom. The fourth-order valence-electron chi connectivity index (χ4n) is 1.45. The summed E-state index contributed by atoms with van der Waals surface area (Å²) < 4.78 is 0. The largest absolute Gasteiger partial charge is 0.507 e. The van der Waals surface area contributed by atoms with Gasteiger partial charge in [-0.3, -0.25) is 4.99 Å². The highest BCUT2D eigenvalue weighted by atomic mass is 16.3. The number of aryl methyl sites for hydroxylation is 1. The van der Waals surface area contributed by atoms with E-state index in [-0.39, 0.29) is 17.7 Å². The Hall–Kier alpha value is -1.82. The van der Waals surface area contributed by atoms with Crippen LogP contribution in [0.3, 0.4) is 0 Å². The van der Waals surface area contributed by atoms with Gasteiger partial charge in [0.05, 0.1) is 18.0 Å². The smallest absolute Gasteiger partial charge is 0.127 e. The van der Waals surface area contributed by atoms with Crippen molar-refractivity contribution in [2.75, 3.05) is 0 Å². The van der Waals surface area contributed by atoms with Crippen molar-refractivity contribution in [2.24, 2.45) is 10.9 Å². The van der Waals surface area contributed by atoms with Crippen molar-refractivity contribution < 1.29 is 5.11 Å². The lowest BCUT2D eigenvalue weighted by Crippen LogP contribution is -1.88. The first-order chi connectivity index (χ1) is 7.22. The average molecular weight is 200 g/mol. The SMILES string of the molecule is Cc1cccc(C=NC2CC2C#N)c1O. The highest BCUT2D eigenvalue weighted by Crippen LogP contribution is 2.33. The molecule has 0 saturated heterocycles. The maximum Gasteiger partial charge on any atom is 0.127 e. The Morgan fingerprint density at radius 2 is 2.40 bits per heavy atom. The van der Waals surface area contributed by atoms with Crippen LogP contribution in [0.1, 0.15) is 17.5 Å². The normalized spacial score (nSPS) is 24.0. The molecule has 0 bridgehead atoms. The first-order valence-electron chi connectivity index (χ1n) is 4.93. The molecule has 76 valence electrons. The van der Waals surface area contributed by atoms with Crippen LogP contribution in [0, 0.1) is 24.2 Å². The number of phenols is 1. The van der Waals surface area contributed by atoms with Crippen molar-refractivity contribution >= 4 is 6.21 Å². The van der Waals surface area contributed by atoms with Crippen LogP contribution in [-0.2, 0) is 0 Å². The number of nitriles is 1. The predicted molar refractivity (Wildman–Crippen MR) is 57.9 cm³/mol. The zero-order valence-corrected chi connectivity index (χ0v) is 8.51. The molecule has 1 saturated carbocycles. The van der Waals surface area contributed by atoms with Crippen molar-refractivity contribution in [1.82, 2.24) is 0 Å². The molecule has 0 radical (unpaired) electrons. The van der Waals surface area contributed by atoms with Gasteiger partial charge >= 0.3 is 0 Å². The second-order valence-corrected chi connectivity index (χ2v) is 3.83. The van der Waals surface area contributed by atoms with Gasteiger partial charge in [-0.2, -0.15) is 5.26 Å². The first-order valence-corrected chi connectivity index (χ1v) is 4.93. The van der Waals surface area contributed by atoms with Gasteiger partial charge in [0.2, 0.25) is 0 Å². The third kappa shape index (κ3) is 1.99. The summed E-state index contributed by atoms with van der Waals surface area (Å²) in [6.45, 7) is 1.85. The van der Waals surface area contributed by atoms with E-state index in [1.54, 1.807) is 6.21 Å². The molecule has 0 spiro atoms. The van der Waals surface area contributed by atoms with Crippen LogP contribution in [0.25, 0.3) is 0 Å². The second-order valence-electron chi connectivity index (χ2n) is 3.83. The summed E-state index contributed by atoms with van der Waals surface area (Å²) in [5, 5.41) is 18.3. The van der Waals surface area contributed by atoms with Crippen LogP contribution in [0.2, 0.25) is 0 Å². The Bertz CT molecular complexity index is 445. The van der Waals surface area contributed by atoms with Gasteiger partial charge in [-0.15, -0.1) is 0 Å². The van der Waals surface area contributed by atoms with E-state index >= 15 is 0 Å². The highest BCUT2D eigenvalue weighted by molar-refractivity contribution is 5.84. The van der Waals surface area contributed by atoms with Gasteiger partial charge in [-0.25, -0.2) is 0 Å². The third-order valence-electron chi connectivity index (χ3n) is 2.60. The molecule has 1 N–H and O–H groups in total. The molecule has 0 aliphatic heterocycles. The van der Waals surface area contributed by atoms with E-state index in [1.165, 1.54) is 0 Å². The number of hydrogen-bond acceptors (Lipinski definition) is 3. The molecule has 1 fully saturated rings. The van der Waals surface area contributed by atoms with Crippen LogP contribution in [0.5, 0.6) is 5.75 Å². The molecule has 1 aromatic rings. The Labute approximate surface area is 88.7 Å². The lowest BCUT2D eigenvalue weighted by atomic mass is 10.1. The molecule has 2 unspecified atom stereocenters. The van der Waals surface area contributed by atoms with Crippen molar-refractivity contribution in [3.63, 3.8) is 0 Å². The Kier molecular flexibility index (Phi) is 2.42. The highest BCUT2D eigenvalue weighted by Gasteiger charge is 2.36. The number of benzene rings is 1. The zero-order chi connectivity index (χ0) is 10.8. The van der Waals surface area contributed by atoms with E-state index in [2.05, 4.69) is 11.1 Å². The summed E-state index contributed by atoms with van der Waals surface area (Å²) in [6, 6.07) is 7.85. The minimum absolute atomic E-state index is 0.0770. The Balaban J connectivity index is 2.12. The average Bonchev–Trinajstić information content (AvgIpc) is 2.99. The molecule has 1 aliphatic carbocycles. The van der Waals surface area contributed by atoms with Crippen LogP contribution < -0.4 is 0 Å². The van der Waals surface area contributed by atoms with Crippen LogP contribution >= 0.6 is 0 Å². The minimum atomic E-state index is 0.0770. The molecule has 2 rings (SSSR count). The van der Waals surface area contributed by atoms with Gasteiger partial charge in [0.25, 0.3) is 0 Å². The van der Waals surface area contributed by atoms with Crippen LogP contribution in [0.4, 0.5) is 0 Å². The maximum atomic E-state index is 9.70. The van der Waals surface area contributed by atoms with E-state index in [1.807, 2.05) is 25.1 Å². The van der Waals surface area contributed by atoms with Crippen LogP contribution in [0.15, 0.2) is 23.2 Å². The number of rotatable bonds is 2. The molecule has 15 heavy (non-hydrogen) atoms. The van der Waals surface area contributed by atoms with Crippen molar-refractivity contribution in [1.29, 1.82) is 5.26 Å². The number of phenolic OH excluding ortho intramolecular Hbond substituents is 1. The lowest BCUT2D eigenvalue weighted by molar-refractivity contribution is 0.470. The number of nitrogens with zero attached hydrogens (tertiary/aromatic N) is 2. The predicted octanol–water partition coefficient (Wildman–Crippen LogP) is 2.03. The van der Waals surface area contributed by atoms with Gasteiger partial charge < -0.3 is 5.11 Å². The van der Waals surface area contributed by atoms with Gasteiger partial charge in [-0.1, -0.05) is 12.1 Å². The molecule has 0 amide bonds. The summed E-state index contributed by atoms with van der Waals surface area (Å²) >= 11 is 0. The summed E-state index contributed by atoms with van der Waals surface area (Å²) in [5.74, 6) is 0.351. The summed E-state index contributed by atoms with van der Waals surface area (Å²) in [7, 11) is 0. The van der Waals surface area contributed by atoms with Gasteiger partial charge in [0.15, 0.2) is 0 Å². The van der Waals surface area contributed by atoms with E-state index in [9.17, 15) is 5.11 Å². The van der Waals surface area contributed by atoms with Crippen LogP contribution in [-0.4, -0.2) is 17.4 Å². The van der Waals surface area contributed by atoms with Crippen molar-refractivity contribution in [3.8, 4) is 11.8 Å². The van der Waals surface area contributed by atoms with Gasteiger partial charge in [-0.05, 0) is 25.0 Å². The molecule has 2 atom stereocenters. The number of hydrogen-bond donors (Lipinski definition) is 1. The monoisotopic (exact) mass is 200 g/mol. The fraction of sp³-hybridized carbons (Fsp3) is 0.333. The topological polar surface area (TPSA) is 56.4 Å². The van der Waals surface area contributed by atoms with Gasteiger partial charge in [0, 0.05) is 11.8 Å². The van der Waals surface area contributed by atoms with E-state index in [4.69, 9.17) is 5.26 Å². The fourth-order valence-corrected chi connectivity index (χ4v) is 1.45.